The van der Waals surface area contributed by atoms with E-state index in [0.717, 1.165) is 0 Å². The van der Waals surface area contributed by atoms with Gasteiger partial charge in [0.15, 0.2) is 0 Å². The number of hydrogen-bond donors (Lipinski definition) is 2. The molecule has 0 amide bonds. The van der Waals surface area contributed by atoms with E-state index in [2.05, 4.69) is 4.72 Å². The quantitative estimate of drug-likeness (QED) is 0.536. The summed E-state index contributed by atoms with van der Waals surface area (Å²) in [5, 5.41) is 8.18. The van der Waals surface area contributed by atoms with Crippen LogP contribution in [0.2, 0.25) is 0 Å². The van der Waals surface area contributed by atoms with E-state index >= 15 is 0 Å². The number of carboxylic acid groups (broad SMARTS) is 1. The molecule has 5 nitrogen and oxygen atoms in total. The van der Waals surface area contributed by atoms with E-state index in [0.29, 0.717) is 0 Å². The summed E-state index contributed by atoms with van der Waals surface area (Å²) in [4.78, 5) is 9.98. The van der Waals surface area contributed by atoms with Crippen LogP contribution >= 0.6 is 0 Å². The van der Waals surface area contributed by atoms with Gasteiger partial charge in [0, 0.05) is 6.04 Å². The molecule has 1 aliphatic rings. The van der Waals surface area contributed by atoms with Gasteiger partial charge in [0.1, 0.15) is 0 Å². The second-order valence-electron chi connectivity index (χ2n) is 2.19. The Kier molecular flexibility index (Phi) is 1.65. The molecule has 1 fully saturated rings. The smallest absolute Gasteiger partial charge is 0.304 e. The van der Waals surface area contributed by atoms with Crippen LogP contribution in [0, 0.1) is 0 Å². The Labute approximate surface area is 58.1 Å². The topological polar surface area (TPSA) is 83.5 Å². The summed E-state index contributed by atoms with van der Waals surface area (Å²) in [6, 6.07) is -0.387. The maximum atomic E-state index is 10.4. The third-order valence-electron chi connectivity index (χ3n) is 1.19. The van der Waals surface area contributed by atoms with Crippen LogP contribution in [0.25, 0.3) is 0 Å². The second-order valence-corrected chi connectivity index (χ2v) is 3.99. The minimum absolute atomic E-state index is 0.0563. The molecule has 1 rings (SSSR count). The molecule has 58 valence electrons. The number of rotatable bonds is 2. The summed E-state index contributed by atoms with van der Waals surface area (Å²) < 4.78 is 22.9. The van der Waals surface area contributed by atoms with E-state index in [1.165, 1.54) is 0 Å². The summed E-state index contributed by atoms with van der Waals surface area (Å²) in [5.74, 6) is -1.04. The Balaban J connectivity index is 2.34. The number of aliphatic carboxylic acids is 1. The van der Waals surface area contributed by atoms with E-state index in [1.807, 2.05) is 0 Å². The number of carboxylic acids is 1. The molecule has 0 radical (unpaired) electrons. The molecule has 0 saturated carbocycles. The standard InChI is InChI=1S/C4H7NO4S/c6-4(7)1-3-2-10(8,9)5-3/h3,5H,1-2H2,(H,6,7). The van der Waals surface area contributed by atoms with Crippen molar-refractivity contribution >= 4 is 16.0 Å². The first-order valence-electron chi connectivity index (χ1n) is 2.71. The van der Waals surface area contributed by atoms with Crippen LogP contribution in [0.5, 0.6) is 0 Å². The molecule has 0 aromatic carbocycles. The normalized spacial score (nSPS) is 29.0. The summed E-state index contributed by atoms with van der Waals surface area (Å²) in [6.45, 7) is 0. The molecule has 1 aliphatic heterocycles. The molecule has 2 N–H and O–H groups in total. The van der Waals surface area contributed by atoms with Crippen molar-refractivity contribution < 1.29 is 18.3 Å². The molecule has 0 bridgehead atoms. The SMILES string of the molecule is O=C(O)CC1CS(=O)(=O)N1. The molecule has 0 aromatic rings. The van der Waals surface area contributed by atoms with Gasteiger partial charge in [-0.3, -0.25) is 4.79 Å². The van der Waals surface area contributed by atoms with Crippen molar-refractivity contribution in [3.05, 3.63) is 0 Å². The van der Waals surface area contributed by atoms with Crippen LogP contribution in [0.15, 0.2) is 0 Å². The molecular weight excluding hydrogens is 158 g/mol. The van der Waals surface area contributed by atoms with Gasteiger partial charge in [0.2, 0.25) is 10.0 Å². The third-order valence-corrected chi connectivity index (χ3v) is 2.72. The first kappa shape index (κ1) is 7.49. The number of hydrogen-bond acceptors (Lipinski definition) is 3. The van der Waals surface area contributed by atoms with Crippen molar-refractivity contribution in [3.63, 3.8) is 0 Å². The van der Waals surface area contributed by atoms with Crippen LogP contribution in [0.3, 0.4) is 0 Å². The van der Waals surface area contributed by atoms with Gasteiger partial charge in [0.25, 0.3) is 0 Å². The van der Waals surface area contributed by atoms with Crippen molar-refractivity contribution in [2.24, 2.45) is 0 Å². The molecule has 6 heteroatoms. The zero-order valence-corrected chi connectivity index (χ0v) is 5.89. The third kappa shape index (κ3) is 1.68. The van der Waals surface area contributed by atoms with Gasteiger partial charge in [-0.1, -0.05) is 0 Å². The van der Waals surface area contributed by atoms with Crippen molar-refractivity contribution in [2.75, 3.05) is 5.75 Å². The lowest BCUT2D eigenvalue weighted by molar-refractivity contribution is -0.137. The average Bonchev–Trinajstić information content (AvgIpc) is 1.57. The Morgan fingerprint density at radius 3 is 2.50 bits per heavy atom. The summed E-state index contributed by atoms with van der Waals surface area (Å²) >= 11 is 0. The van der Waals surface area contributed by atoms with Crippen LogP contribution in [0.4, 0.5) is 0 Å². The maximum Gasteiger partial charge on any atom is 0.304 e. The fourth-order valence-electron chi connectivity index (χ4n) is 0.813. The van der Waals surface area contributed by atoms with Crippen molar-refractivity contribution in [1.29, 1.82) is 0 Å². The fourth-order valence-corrected chi connectivity index (χ4v) is 2.02. The van der Waals surface area contributed by atoms with Crippen molar-refractivity contribution in [2.45, 2.75) is 12.5 Å². The lowest BCUT2D eigenvalue weighted by Gasteiger charge is -2.25. The van der Waals surface area contributed by atoms with Gasteiger partial charge in [-0.15, -0.1) is 0 Å². The molecule has 0 spiro atoms. The maximum absolute atomic E-state index is 10.4. The number of sulfonamides is 1. The van der Waals surface area contributed by atoms with Crippen LogP contribution in [0.1, 0.15) is 6.42 Å². The highest BCUT2D eigenvalue weighted by atomic mass is 32.2. The monoisotopic (exact) mass is 165 g/mol. The van der Waals surface area contributed by atoms with E-state index in [9.17, 15) is 13.2 Å². The molecule has 1 atom stereocenters. The van der Waals surface area contributed by atoms with Gasteiger partial charge in [-0.25, -0.2) is 13.1 Å². The van der Waals surface area contributed by atoms with Crippen molar-refractivity contribution in [1.82, 2.24) is 4.72 Å². The zero-order chi connectivity index (χ0) is 7.78. The summed E-state index contributed by atoms with van der Waals surface area (Å²) in [6.07, 6.45) is -0.126. The highest BCUT2D eigenvalue weighted by Crippen LogP contribution is 2.08. The number of nitrogens with one attached hydrogen (secondary N) is 1. The minimum atomic E-state index is -3.09. The van der Waals surface area contributed by atoms with Crippen molar-refractivity contribution in [3.8, 4) is 0 Å². The van der Waals surface area contributed by atoms with Gasteiger partial charge >= 0.3 is 5.97 Å². The first-order chi connectivity index (χ1) is 4.49. The predicted molar refractivity (Wildman–Crippen MR) is 33.0 cm³/mol. The largest absolute Gasteiger partial charge is 0.481 e. The van der Waals surface area contributed by atoms with E-state index in [1.54, 1.807) is 0 Å². The Hall–Kier alpha value is -0.620. The predicted octanol–water partition coefficient (Wildman–Crippen LogP) is -1.24. The van der Waals surface area contributed by atoms with Crippen LogP contribution < -0.4 is 4.72 Å². The summed E-state index contributed by atoms with van der Waals surface area (Å²) in [5.41, 5.74) is 0. The number of carbonyl (C=O) groups is 1. The lowest BCUT2D eigenvalue weighted by atomic mass is 10.2. The Morgan fingerprint density at radius 2 is 2.20 bits per heavy atom. The minimum Gasteiger partial charge on any atom is -0.481 e. The lowest BCUT2D eigenvalue weighted by Crippen LogP contribution is -2.53. The first-order valence-corrected chi connectivity index (χ1v) is 4.36. The Morgan fingerprint density at radius 1 is 1.70 bits per heavy atom. The molecule has 1 saturated heterocycles. The van der Waals surface area contributed by atoms with E-state index in [-0.39, 0.29) is 18.2 Å². The van der Waals surface area contributed by atoms with E-state index in [4.69, 9.17) is 5.11 Å². The highest BCUT2D eigenvalue weighted by Gasteiger charge is 2.33. The second kappa shape index (κ2) is 2.21. The zero-order valence-electron chi connectivity index (χ0n) is 5.07. The highest BCUT2D eigenvalue weighted by molar-refractivity contribution is 7.90. The van der Waals surface area contributed by atoms with E-state index < -0.39 is 16.0 Å². The molecule has 0 aromatic heterocycles. The molecule has 1 heterocycles. The van der Waals surface area contributed by atoms with Crippen LogP contribution in [-0.4, -0.2) is 31.3 Å². The van der Waals surface area contributed by atoms with Gasteiger partial charge in [-0.05, 0) is 0 Å². The van der Waals surface area contributed by atoms with Gasteiger partial charge < -0.3 is 5.11 Å². The molecule has 1 unspecified atom stereocenters. The van der Waals surface area contributed by atoms with Gasteiger partial charge in [-0.2, -0.15) is 0 Å². The van der Waals surface area contributed by atoms with Crippen LogP contribution in [-0.2, 0) is 14.8 Å². The molecule has 10 heavy (non-hydrogen) atoms. The van der Waals surface area contributed by atoms with Gasteiger partial charge in [0.05, 0.1) is 12.2 Å². The summed E-state index contributed by atoms with van der Waals surface area (Å²) in [7, 11) is -3.09. The Bertz CT molecular complexity index is 232. The molecular formula is C4H7NO4S. The fraction of sp³-hybridized carbons (Fsp3) is 0.750. The average molecular weight is 165 g/mol. The molecule has 0 aliphatic carbocycles.